The van der Waals surface area contributed by atoms with Gasteiger partial charge in [-0.15, -0.1) is 0 Å². The Bertz CT molecular complexity index is 353. The topological polar surface area (TPSA) is 74.7 Å². The van der Waals surface area contributed by atoms with E-state index in [0.29, 0.717) is 6.42 Å². The Morgan fingerprint density at radius 2 is 2.00 bits per heavy atom. The second-order valence-corrected chi connectivity index (χ2v) is 4.68. The molecule has 0 aromatic rings. The predicted molar refractivity (Wildman–Crippen MR) is 66.1 cm³/mol. The van der Waals surface area contributed by atoms with Gasteiger partial charge in [0.25, 0.3) is 0 Å². The number of hydrogen-bond donors (Lipinski definition) is 1. The summed E-state index contributed by atoms with van der Waals surface area (Å²) in [6, 6.07) is 0. The molecule has 1 aliphatic rings. The molecule has 5 nitrogen and oxygen atoms in total. The fraction of sp³-hybridized carbons (Fsp3) is 0.769. The summed E-state index contributed by atoms with van der Waals surface area (Å²) in [5, 5.41) is 9.40. The molecule has 1 heterocycles. The smallest absolute Gasteiger partial charge is 0.337 e. The van der Waals surface area contributed by atoms with Gasteiger partial charge in [0.05, 0.1) is 0 Å². The van der Waals surface area contributed by atoms with Crippen LogP contribution in [0.25, 0.3) is 0 Å². The minimum Gasteiger partial charge on any atom is -0.479 e. The van der Waals surface area contributed by atoms with Gasteiger partial charge in [-0.1, -0.05) is 19.8 Å². The summed E-state index contributed by atoms with van der Waals surface area (Å²) in [6.07, 6.45) is 3.07. The van der Waals surface area contributed by atoms with E-state index >= 15 is 0 Å². The molecule has 0 spiro atoms. The number of rotatable bonds is 7. The average molecular weight is 255 g/mol. The maximum atomic E-state index is 12.2. The van der Waals surface area contributed by atoms with Crippen LogP contribution in [0.1, 0.15) is 52.4 Å². The van der Waals surface area contributed by atoms with Gasteiger partial charge >= 0.3 is 5.97 Å². The van der Waals surface area contributed by atoms with Crippen LogP contribution in [0.3, 0.4) is 0 Å². The first-order chi connectivity index (χ1) is 8.50. The van der Waals surface area contributed by atoms with Gasteiger partial charge in [-0.3, -0.25) is 9.59 Å². The van der Waals surface area contributed by atoms with Crippen LogP contribution < -0.4 is 0 Å². The molecular formula is C13H21NO4. The Kier molecular flexibility index (Phi) is 4.87. The Labute approximate surface area is 107 Å². The highest BCUT2D eigenvalue weighted by Crippen LogP contribution is 2.33. The van der Waals surface area contributed by atoms with Gasteiger partial charge < -0.3 is 10.0 Å². The monoisotopic (exact) mass is 255 g/mol. The molecule has 18 heavy (non-hydrogen) atoms. The lowest BCUT2D eigenvalue weighted by Gasteiger charge is -2.32. The summed E-state index contributed by atoms with van der Waals surface area (Å²) in [7, 11) is 0. The molecule has 1 saturated heterocycles. The molecule has 1 rings (SSSR count). The molecule has 1 fully saturated rings. The molecule has 1 N–H and O–H groups in total. The lowest BCUT2D eigenvalue weighted by Crippen LogP contribution is -2.57. The molecular weight excluding hydrogens is 234 g/mol. The van der Waals surface area contributed by atoms with Crippen molar-refractivity contribution < 1.29 is 19.5 Å². The van der Waals surface area contributed by atoms with E-state index in [4.69, 9.17) is 0 Å². The molecule has 0 bridgehead atoms. The fourth-order valence-corrected chi connectivity index (χ4v) is 2.59. The van der Waals surface area contributed by atoms with Gasteiger partial charge in [-0.2, -0.15) is 0 Å². The van der Waals surface area contributed by atoms with Crippen molar-refractivity contribution in [3.63, 3.8) is 0 Å². The second-order valence-electron chi connectivity index (χ2n) is 4.68. The number of aliphatic carboxylic acids is 1. The number of carboxylic acids is 1. The third kappa shape index (κ3) is 2.40. The van der Waals surface area contributed by atoms with Crippen molar-refractivity contribution in [1.29, 1.82) is 0 Å². The highest BCUT2D eigenvalue weighted by atomic mass is 16.4. The van der Waals surface area contributed by atoms with E-state index in [1.807, 2.05) is 6.92 Å². The van der Waals surface area contributed by atoms with Gasteiger partial charge in [0, 0.05) is 19.4 Å². The molecule has 1 atom stereocenters. The van der Waals surface area contributed by atoms with E-state index in [2.05, 4.69) is 0 Å². The van der Waals surface area contributed by atoms with E-state index in [1.165, 1.54) is 4.90 Å². The Morgan fingerprint density at radius 1 is 1.33 bits per heavy atom. The first-order valence-electron chi connectivity index (χ1n) is 6.57. The number of Topliss-reactive ketones (excluding diaryl/α,β-unsaturated/α-hetero) is 1. The zero-order chi connectivity index (χ0) is 13.8. The number of ketones is 1. The second kappa shape index (κ2) is 5.98. The summed E-state index contributed by atoms with van der Waals surface area (Å²) in [6.45, 7) is 4.00. The molecule has 0 aromatic heterocycles. The average Bonchev–Trinajstić information content (AvgIpc) is 2.67. The Hall–Kier alpha value is -1.39. The third-order valence-corrected chi connectivity index (χ3v) is 3.60. The SMILES string of the molecule is CCCCCC(=O)[C@@]1(C(=O)O)CCC(=O)N1CC. The number of amides is 1. The molecule has 0 saturated carbocycles. The summed E-state index contributed by atoms with van der Waals surface area (Å²) < 4.78 is 0. The van der Waals surface area contributed by atoms with Crippen LogP contribution in [0.4, 0.5) is 0 Å². The van der Waals surface area contributed by atoms with Crippen molar-refractivity contribution in [2.75, 3.05) is 6.54 Å². The van der Waals surface area contributed by atoms with Gasteiger partial charge in [0.1, 0.15) is 0 Å². The molecule has 0 radical (unpaired) electrons. The summed E-state index contributed by atoms with van der Waals surface area (Å²) in [4.78, 5) is 36.6. The number of likely N-dealkylation sites (N-methyl/N-ethyl adjacent to an activating group) is 1. The standard InChI is InChI=1S/C13H21NO4/c1-3-5-6-7-10(15)13(12(17)18)9-8-11(16)14(13)4-2/h3-9H2,1-2H3,(H,17,18)/t13-/m1/s1. The van der Waals surface area contributed by atoms with E-state index in [9.17, 15) is 19.5 Å². The molecule has 5 heteroatoms. The minimum atomic E-state index is -1.60. The summed E-state index contributed by atoms with van der Waals surface area (Å²) in [5.74, 6) is -1.74. The number of hydrogen-bond acceptors (Lipinski definition) is 3. The van der Waals surface area contributed by atoms with Gasteiger partial charge in [0.15, 0.2) is 11.3 Å². The van der Waals surface area contributed by atoms with Crippen LogP contribution >= 0.6 is 0 Å². The molecule has 0 aliphatic carbocycles. The van der Waals surface area contributed by atoms with Crippen LogP contribution in [-0.4, -0.2) is 39.7 Å². The van der Waals surface area contributed by atoms with Crippen LogP contribution in [0.5, 0.6) is 0 Å². The zero-order valence-corrected chi connectivity index (χ0v) is 11.1. The highest BCUT2D eigenvalue weighted by Gasteiger charge is 2.55. The zero-order valence-electron chi connectivity index (χ0n) is 11.1. The molecule has 1 aliphatic heterocycles. The number of likely N-dealkylation sites (tertiary alicyclic amines) is 1. The van der Waals surface area contributed by atoms with E-state index in [-0.39, 0.29) is 37.5 Å². The van der Waals surface area contributed by atoms with Crippen molar-refractivity contribution >= 4 is 17.7 Å². The lowest BCUT2D eigenvalue weighted by atomic mass is 9.87. The molecule has 102 valence electrons. The van der Waals surface area contributed by atoms with E-state index in [1.54, 1.807) is 6.92 Å². The van der Waals surface area contributed by atoms with Crippen LogP contribution in [-0.2, 0) is 14.4 Å². The number of unbranched alkanes of at least 4 members (excludes halogenated alkanes) is 2. The van der Waals surface area contributed by atoms with Crippen molar-refractivity contribution in [2.45, 2.75) is 57.9 Å². The Balaban J connectivity index is 2.90. The maximum absolute atomic E-state index is 12.2. The molecule has 0 aromatic carbocycles. The first-order valence-corrected chi connectivity index (χ1v) is 6.57. The van der Waals surface area contributed by atoms with E-state index in [0.717, 1.165) is 12.8 Å². The normalized spacial score (nSPS) is 23.4. The lowest BCUT2D eigenvalue weighted by molar-refractivity contribution is -0.159. The van der Waals surface area contributed by atoms with Gasteiger partial charge in [0.2, 0.25) is 5.91 Å². The number of carbonyl (C=O) groups excluding carboxylic acids is 2. The highest BCUT2D eigenvalue weighted by molar-refractivity contribution is 6.12. The number of carboxylic acid groups (broad SMARTS) is 1. The quantitative estimate of drug-likeness (QED) is 0.554. The van der Waals surface area contributed by atoms with Crippen molar-refractivity contribution in [1.82, 2.24) is 4.90 Å². The fourth-order valence-electron chi connectivity index (χ4n) is 2.59. The van der Waals surface area contributed by atoms with Gasteiger partial charge in [-0.05, 0) is 19.8 Å². The third-order valence-electron chi connectivity index (χ3n) is 3.60. The predicted octanol–water partition coefficient (Wildman–Crippen LogP) is 1.60. The van der Waals surface area contributed by atoms with E-state index < -0.39 is 11.5 Å². The van der Waals surface area contributed by atoms with Crippen LogP contribution in [0.2, 0.25) is 0 Å². The number of carbonyl (C=O) groups is 3. The van der Waals surface area contributed by atoms with Crippen molar-refractivity contribution in [2.24, 2.45) is 0 Å². The molecule has 0 unspecified atom stereocenters. The number of nitrogens with zero attached hydrogens (tertiary/aromatic N) is 1. The summed E-state index contributed by atoms with van der Waals surface area (Å²) in [5.41, 5.74) is -1.60. The first kappa shape index (κ1) is 14.7. The van der Waals surface area contributed by atoms with Crippen LogP contribution in [0, 0.1) is 0 Å². The largest absolute Gasteiger partial charge is 0.479 e. The molecule has 1 amide bonds. The minimum absolute atomic E-state index is 0.111. The van der Waals surface area contributed by atoms with Crippen molar-refractivity contribution in [3.8, 4) is 0 Å². The van der Waals surface area contributed by atoms with Crippen LogP contribution in [0.15, 0.2) is 0 Å². The Morgan fingerprint density at radius 3 is 2.50 bits per heavy atom. The maximum Gasteiger partial charge on any atom is 0.337 e. The van der Waals surface area contributed by atoms with Gasteiger partial charge in [-0.25, -0.2) is 4.79 Å². The van der Waals surface area contributed by atoms with Crippen molar-refractivity contribution in [3.05, 3.63) is 0 Å². The summed E-state index contributed by atoms with van der Waals surface area (Å²) >= 11 is 0.